The number of para-hydroxylation sites is 1. The first-order chi connectivity index (χ1) is 8.65. The van der Waals surface area contributed by atoms with Crippen LogP contribution in [0.4, 0.5) is 5.69 Å². The van der Waals surface area contributed by atoms with Crippen molar-refractivity contribution in [1.29, 1.82) is 0 Å². The maximum atomic E-state index is 12.1. The molecular weight excluding hydrogens is 230 g/mol. The summed E-state index contributed by atoms with van der Waals surface area (Å²) in [4.78, 5) is 24.7. The van der Waals surface area contributed by atoms with Crippen molar-refractivity contribution in [2.45, 2.75) is 25.3 Å². The Morgan fingerprint density at radius 1 is 1.44 bits per heavy atom. The number of fused-ring (bicyclic) bond motifs is 1. The lowest BCUT2D eigenvalue weighted by Gasteiger charge is -2.22. The molecule has 1 aromatic rings. The molecule has 2 rings (SSSR count). The zero-order valence-electron chi connectivity index (χ0n) is 10.0. The highest BCUT2D eigenvalue weighted by atomic mass is 16.4. The van der Waals surface area contributed by atoms with Gasteiger partial charge in [0.15, 0.2) is 0 Å². The van der Waals surface area contributed by atoms with Gasteiger partial charge < -0.3 is 5.11 Å². The minimum Gasteiger partial charge on any atom is -0.480 e. The van der Waals surface area contributed by atoms with Crippen LogP contribution in [0, 0.1) is 0 Å². The predicted octanol–water partition coefficient (Wildman–Crippen LogP) is 2.00. The van der Waals surface area contributed by atoms with Crippen molar-refractivity contribution in [3.05, 3.63) is 42.5 Å². The van der Waals surface area contributed by atoms with E-state index in [-0.39, 0.29) is 5.91 Å². The highest BCUT2D eigenvalue weighted by molar-refractivity contribution is 6.01. The number of aliphatic carboxylic acids is 1. The molecule has 0 spiro atoms. The molecule has 18 heavy (non-hydrogen) atoms. The third-order valence-corrected chi connectivity index (χ3v) is 3.09. The lowest BCUT2D eigenvalue weighted by molar-refractivity contribution is -0.139. The van der Waals surface area contributed by atoms with Crippen LogP contribution in [0.5, 0.6) is 0 Å². The predicted molar refractivity (Wildman–Crippen MR) is 68.5 cm³/mol. The van der Waals surface area contributed by atoms with E-state index < -0.39 is 12.0 Å². The zero-order valence-corrected chi connectivity index (χ0v) is 10.0. The molecule has 1 N–H and O–H groups in total. The van der Waals surface area contributed by atoms with Crippen molar-refractivity contribution in [1.82, 2.24) is 0 Å². The Bertz CT molecular complexity index is 496. The molecule has 0 unspecified atom stereocenters. The Hall–Kier alpha value is -2.10. The van der Waals surface area contributed by atoms with Crippen molar-refractivity contribution in [3.8, 4) is 0 Å². The number of carbonyl (C=O) groups is 2. The standard InChI is InChI=1S/C14H15NO3/c1-2-3-8-13(16)15-11-7-5-4-6-10(11)9-12(15)14(17)18/h2,4-7,12H,1,3,8-9H2,(H,17,18)/t12-/m0/s1. The van der Waals surface area contributed by atoms with E-state index in [4.69, 9.17) is 0 Å². The zero-order chi connectivity index (χ0) is 13.1. The summed E-state index contributed by atoms with van der Waals surface area (Å²) < 4.78 is 0. The van der Waals surface area contributed by atoms with Crippen LogP contribution in [0.2, 0.25) is 0 Å². The first kappa shape index (κ1) is 12.4. The third-order valence-electron chi connectivity index (χ3n) is 3.09. The Kier molecular flexibility index (Phi) is 3.46. The van der Waals surface area contributed by atoms with Crippen molar-refractivity contribution in [2.24, 2.45) is 0 Å². The molecule has 4 heteroatoms. The summed E-state index contributed by atoms with van der Waals surface area (Å²) >= 11 is 0. The minimum atomic E-state index is -0.960. The van der Waals surface area contributed by atoms with E-state index >= 15 is 0 Å². The average Bonchev–Trinajstić information content (AvgIpc) is 2.75. The summed E-state index contributed by atoms with van der Waals surface area (Å²) in [5.41, 5.74) is 1.64. The maximum Gasteiger partial charge on any atom is 0.327 e. The Balaban J connectivity index is 2.31. The smallest absolute Gasteiger partial charge is 0.327 e. The molecule has 1 aromatic carbocycles. The molecule has 1 amide bonds. The molecule has 1 aliphatic rings. The molecule has 0 saturated carbocycles. The number of amides is 1. The van der Waals surface area contributed by atoms with E-state index in [2.05, 4.69) is 6.58 Å². The number of carboxylic acid groups (broad SMARTS) is 1. The topological polar surface area (TPSA) is 57.6 Å². The van der Waals surface area contributed by atoms with Crippen LogP contribution in [0.3, 0.4) is 0 Å². The van der Waals surface area contributed by atoms with Gasteiger partial charge in [-0.15, -0.1) is 6.58 Å². The SMILES string of the molecule is C=CCCC(=O)N1c2ccccc2C[C@H]1C(=O)O. The Morgan fingerprint density at radius 3 is 2.83 bits per heavy atom. The number of hydrogen-bond acceptors (Lipinski definition) is 2. The fraction of sp³-hybridized carbons (Fsp3) is 0.286. The van der Waals surface area contributed by atoms with Gasteiger partial charge in [-0.3, -0.25) is 9.69 Å². The highest BCUT2D eigenvalue weighted by Crippen LogP contribution is 2.32. The van der Waals surface area contributed by atoms with Gasteiger partial charge in [-0.1, -0.05) is 24.3 Å². The van der Waals surface area contributed by atoms with Crippen LogP contribution >= 0.6 is 0 Å². The fourth-order valence-electron chi connectivity index (χ4n) is 2.24. The second-order valence-electron chi connectivity index (χ2n) is 4.28. The molecule has 1 atom stereocenters. The van der Waals surface area contributed by atoms with Gasteiger partial charge in [-0.25, -0.2) is 4.79 Å². The van der Waals surface area contributed by atoms with Gasteiger partial charge in [0.2, 0.25) is 5.91 Å². The number of rotatable bonds is 4. The molecule has 0 aromatic heterocycles. The van der Waals surface area contributed by atoms with Crippen LogP contribution in [-0.2, 0) is 16.0 Å². The number of hydrogen-bond donors (Lipinski definition) is 1. The molecule has 1 heterocycles. The quantitative estimate of drug-likeness (QED) is 0.825. The van der Waals surface area contributed by atoms with Crippen molar-refractivity contribution in [2.75, 3.05) is 4.90 Å². The van der Waals surface area contributed by atoms with Crippen LogP contribution in [0.25, 0.3) is 0 Å². The third kappa shape index (κ3) is 2.14. The average molecular weight is 245 g/mol. The second kappa shape index (κ2) is 5.04. The molecule has 94 valence electrons. The molecule has 0 bridgehead atoms. The molecular formula is C14H15NO3. The molecule has 0 radical (unpaired) electrons. The number of anilines is 1. The summed E-state index contributed by atoms with van der Waals surface area (Å²) in [6.45, 7) is 3.57. The minimum absolute atomic E-state index is 0.160. The van der Waals surface area contributed by atoms with Crippen molar-refractivity contribution < 1.29 is 14.7 Å². The number of nitrogens with zero attached hydrogens (tertiary/aromatic N) is 1. The highest BCUT2D eigenvalue weighted by Gasteiger charge is 2.37. The van der Waals surface area contributed by atoms with Gasteiger partial charge >= 0.3 is 5.97 Å². The van der Waals surface area contributed by atoms with Crippen LogP contribution < -0.4 is 4.90 Å². The summed E-state index contributed by atoms with van der Waals surface area (Å²) in [7, 11) is 0. The van der Waals surface area contributed by atoms with Gasteiger partial charge in [0.25, 0.3) is 0 Å². The lowest BCUT2D eigenvalue weighted by Crippen LogP contribution is -2.42. The molecule has 0 saturated heterocycles. The van der Waals surface area contributed by atoms with Crippen LogP contribution in [0.15, 0.2) is 36.9 Å². The summed E-state index contributed by atoms with van der Waals surface area (Å²) in [6, 6.07) is 6.56. The fourth-order valence-corrected chi connectivity index (χ4v) is 2.24. The monoisotopic (exact) mass is 245 g/mol. The van der Waals surface area contributed by atoms with E-state index in [9.17, 15) is 14.7 Å². The normalized spacial score (nSPS) is 17.3. The maximum absolute atomic E-state index is 12.1. The Morgan fingerprint density at radius 2 is 2.17 bits per heavy atom. The number of allylic oxidation sites excluding steroid dienone is 1. The van der Waals surface area contributed by atoms with Crippen molar-refractivity contribution in [3.63, 3.8) is 0 Å². The molecule has 1 aliphatic heterocycles. The summed E-state index contributed by atoms with van der Waals surface area (Å²) in [5, 5.41) is 9.22. The number of benzene rings is 1. The second-order valence-corrected chi connectivity index (χ2v) is 4.28. The van der Waals surface area contributed by atoms with Gasteiger partial charge in [-0.2, -0.15) is 0 Å². The number of carbonyl (C=O) groups excluding carboxylic acids is 1. The largest absolute Gasteiger partial charge is 0.480 e. The molecule has 4 nitrogen and oxygen atoms in total. The lowest BCUT2D eigenvalue weighted by atomic mass is 10.1. The Labute approximate surface area is 106 Å². The van der Waals surface area contributed by atoms with E-state index in [1.165, 1.54) is 4.90 Å². The van der Waals surface area contributed by atoms with E-state index in [0.29, 0.717) is 19.3 Å². The first-order valence-electron chi connectivity index (χ1n) is 5.89. The van der Waals surface area contributed by atoms with Gasteiger partial charge in [0.1, 0.15) is 6.04 Å². The van der Waals surface area contributed by atoms with Gasteiger partial charge in [-0.05, 0) is 18.1 Å². The number of carboxylic acids is 1. The van der Waals surface area contributed by atoms with Crippen LogP contribution in [-0.4, -0.2) is 23.0 Å². The summed E-state index contributed by atoms with van der Waals surface area (Å²) in [5.74, 6) is -1.12. The van der Waals surface area contributed by atoms with E-state index in [1.807, 2.05) is 18.2 Å². The first-order valence-corrected chi connectivity index (χ1v) is 5.89. The van der Waals surface area contributed by atoms with Crippen molar-refractivity contribution >= 4 is 17.6 Å². The summed E-state index contributed by atoms with van der Waals surface area (Å²) in [6.07, 6.45) is 2.90. The van der Waals surface area contributed by atoms with Gasteiger partial charge in [0, 0.05) is 18.5 Å². The van der Waals surface area contributed by atoms with Gasteiger partial charge in [0.05, 0.1) is 0 Å². The van der Waals surface area contributed by atoms with Crippen LogP contribution in [0.1, 0.15) is 18.4 Å². The van der Waals surface area contributed by atoms with E-state index in [0.717, 1.165) is 11.3 Å². The molecule has 0 aliphatic carbocycles. The van der Waals surface area contributed by atoms with E-state index in [1.54, 1.807) is 12.1 Å². The molecule has 0 fully saturated rings.